The molecule has 1 aromatic rings. The van der Waals surface area contributed by atoms with Crippen molar-refractivity contribution in [3.05, 3.63) is 23.8 Å². The number of aliphatic hydroxyl groups excluding tert-OH is 1. The summed E-state index contributed by atoms with van der Waals surface area (Å²) in [6.45, 7) is 3.19. The minimum atomic E-state index is -0.0768. The predicted molar refractivity (Wildman–Crippen MR) is 78.4 cm³/mol. The quantitative estimate of drug-likeness (QED) is 0.815. The lowest BCUT2D eigenvalue weighted by molar-refractivity contribution is 0.240. The molecule has 0 spiro atoms. The van der Waals surface area contributed by atoms with Crippen molar-refractivity contribution < 1.29 is 14.6 Å². The summed E-state index contributed by atoms with van der Waals surface area (Å²) in [5.41, 5.74) is 1.02. The van der Waals surface area contributed by atoms with E-state index >= 15 is 0 Å². The Labute approximate surface area is 120 Å². The Morgan fingerprint density at radius 3 is 2.70 bits per heavy atom. The van der Waals surface area contributed by atoms with Crippen molar-refractivity contribution in [1.29, 1.82) is 0 Å². The fraction of sp³-hybridized carbons (Fsp3) is 0.600. The van der Waals surface area contributed by atoms with E-state index in [1.54, 1.807) is 0 Å². The van der Waals surface area contributed by atoms with E-state index in [4.69, 9.17) is 9.47 Å². The van der Waals surface area contributed by atoms with Gasteiger partial charge in [0.15, 0.2) is 11.5 Å². The Hall–Kier alpha value is -1.30. The molecule has 20 heavy (non-hydrogen) atoms. The molecule has 5 heteroatoms. The van der Waals surface area contributed by atoms with E-state index in [1.807, 2.05) is 32.3 Å². The van der Waals surface area contributed by atoms with Crippen LogP contribution in [0.5, 0.6) is 11.5 Å². The van der Waals surface area contributed by atoms with Gasteiger partial charge in [-0.1, -0.05) is 6.07 Å². The van der Waals surface area contributed by atoms with Crippen LogP contribution in [-0.2, 0) is 0 Å². The number of rotatable bonds is 6. The Morgan fingerprint density at radius 2 is 2.00 bits per heavy atom. The second kappa shape index (κ2) is 7.47. The highest BCUT2D eigenvalue weighted by atomic mass is 16.5. The van der Waals surface area contributed by atoms with Gasteiger partial charge in [0.25, 0.3) is 0 Å². The summed E-state index contributed by atoms with van der Waals surface area (Å²) in [6, 6.07) is 5.79. The fourth-order valence-corrected chi connectivity index (χ4v) is 2.15. The van der Waals surface area contributed by atoms with Crippen LogP contribution >= 0.6 is 0 Å². The number of benzene rings is 1. The third-order valence-corrected chi connectivity index (χ3v) is 3.31. The van der Waals surface area contributed by atoms with Gasteiger partial charge in [0.05, 0.1) is 25.9 Å². The molecule has 1 atom stereocenters. The lowest BCUT2D eigenvalue weighted by Gasteiger charge is -2.19. The maximum atomic E-state index is 9.56. The zero-order valence-electron chi connectivity index (χ0n) is 12.3. The van der Waals surface area contributed by atoms with Crippen molar-refractivity contribution in [3.8, 4) is 11.5 Å². The minimum absolute atomic E-state index is 0.0626. The van der Waals surface area contributed by atoms with Gasteiger partial charge < -0.3 is 24.8 Å². The molecule has 0 amide bonds. The summed E-state index contributed by atoms with van der Waals surface area (Å²) < 4.78 is 11.3. The molecule has 0 radical (unpaired) electrons. The van der Waals surface area contributed by atoms with Gasteiger partial charge in [-0.05, 0) is 31.8 Å². The normalized spacial score (nSPS) is 16.0. The van der Waals surface area contributed by atoms with Crippen molar-refractivity contribution >= 4 is 0 Å². The van der Waals surface area contributed by atoms with Gasteiger partial charge in [0.2, 0.25) is 0 Å². The average Bonchev–Trinajstić information content (AvgIpc) is 2.67. The maximum absolute atomic E-state index is 9.56. The summed E-state index contributed by atoms with van der Waals surface area (Å²) in [7, 11) is 4.06. The average molecular weight is 280 g/mol. The zero-order chi connectivity index (χ0) is 14.4. The van der Waals surface area contributed by atoms with Gasteiger partial charge in [0, 0.05) is 19.5 Å². The first-order valence-corrected chi connectivity index (χ1v) is 7.09. The molecule has 0 aliphatic carbocycles. The smallest absolute Gasteiger partial charge is 0.161 e. The highest BCUT2D eigenvalue weighted by Crippen LogP contribution is 2.32. The lowest BCUT2D eigenvalue weighted by Crippen LogP contribution is -2.31. The molecule has 5 nitrogen and oxygen atoms in total. The molecule has 112 valence electrons. The minimum Gasteiger partial charge on any atom is -0.490 e. The van der Waals surface area contributed by atoms with Gasteiger partial charge in [0.1, 0.15) is 0 Å². The van der Waals surface area contributed by atoms with E-state index in [-0.39, 0.29) is 12.6 Å². The van der Waals surface area contributed by atoms with Gasteiger partial charge in [-0.3, -0.25) is 0 Å². The molecule has 0 bridgehead atoms. The van der Waals surface area contributed by atoms with Crippen LogP contribution in [0.15, 0.2) is 18.2 Å². The van der Waals surface area contributed by atoms with E-state index < -0.39 is 0 Å². The summed E-state index contributed by atoms with van der Waals surface area (Å²) in [5, 5.41) is 12.9. The highest BCUT2D eigenvalue weighted by molar-refractivity contribution is 5.44. The monoisotopic (exact) mass is 280 g/mol. The van der Waals surface area contributed by atoms with Crippen LogP contribution in [0.1, 0.15) is 18.0 Å². The number of nitrogens with one attached hydrogen (secondary N) is 1. The molecule has 1 aromatic carbocycles. The third-order valence-electron chi connectivity index (χ3n) is 3.31. The second-order valence-corrected chi connectivity index (χ2v) is 5.25. The number of fused-ring (bicyclic) bond motifs is 1. The number of nitrogens with zero attached hydrogens (tertiary/aromatic N) is 1. The Bertz CT molecular complexity index is 424. The summed E-state index contributed by atoms with van der Waals surface area (Å²) in [5.74, 6) is 1.56. The topological polar surface area (TPSA) is 54.0 Å². The Kier molecular flexibility index (Phi) is 5.64. The van der Waals surface area contributed by atoms with Crippen LogP contribution in [0.25, 0.3) is 0 Å². The molecule has 0 saturated carbocycles. The molecule has 1 unspecified atom stereocenters. The molecule has 1 aliphatic heterocycles. The fourth-order valence-electron chi connectivity index (χ4n) is 2.15. The summed E-state index contributed by atoms with van der Waals surface area (Å²) in [4.78, 5) is 2.11. The molecule has 2 rings (SSSR count). The Balaban J connectivity index is 2.04. The Morgan fingerprint density at radius 1 is 1.25 bits per heavy atom. The number of hydrogen-bond donors (Lipinski definition) is 2. The van der Waals surface area contributed by atoms with Gasteiger partial charge in [-0.25, -0.2) is 0 Å². The molecule has 1 heterocycles. The first-order chi connectivity index (χ1) is 9.70. The second-order valence-electron chi connectivity index (χ2n) is 5.25. The van der Waals surface area contributed by atoms with E-state index in [0.717, 1.165) is 36.6 Å². The highest BCUT2D eigenvalue weighted by Gasteiger charge is 2.15. The molecule has 2 N–H and O–H groups in total. The van der Waals surface area contributed by atoms with E-state index in [0.29, 0.717) is 13.2 Å². The van der Waals surface area contributed by atoms with E-state index in [9.17, 15) is 5.11 Å². The van der Waals surface area contributed by atoms with Crippen molar-refractivity contribution in [2.24, 2.45) is 0 Å². The van der Waals surface area contributed by atoms with Crippen molar-refractivity contribution in [2.45, 2.75) is 12.5 Å². The number of hydrogen-bond acceptors (Lipinski definition) is 5. The van der Waals surface area contributed by atoms with Crippen LogP contribution < -0.4 is 14.8 Å². The van der Waals surface area contributed by atoms with Crippen LogP contribution in [0.4, 0.5) is 0 Å². The van der Waals surface area contributed by atoms with E-state index in [1.165, 1.54) is 0 Å². The molecular formula is C15H24N2O3. The molecular weight excluding hydrogens is 256 g/mol. The SMILES string of the molecule is CN(C)CCNC(CO)c1ccc2c(c1)OCCCO2. The number of ether oxygens (including phenoxy) is 2. The van der Waals surface area contributed by atoms with Gasteiger partial charge in [-0.15, -0.1) is 0 Å². The van der Waals surface area contributed by atoms with Crippen molar-refractivity contribution in [2.75, 3.05) is 47.0 Å². The van der Waals surface area contributed by atoms with Crippen LogP contribution in [0.2, 0.25) is 0 Å². The van der Waals surface area contributed by atoms with Crippen LogP contribution in [-0.4, -0.2) is 57.0 Å². The molecule has 1 aliphatic rings. The van der Waals surface area contributed by atoms with Crippen molar-refractivity contribution in [3.63, 3.8) is 0 Å². The maximum Gasteiger partial charge on any atom is 0.161 e. The predicted octanol–water partition coefficient (Wildman–Crippen LogP) is 1.03. The van der Waals surface area contributed by atoms with Gasteiger partial charge in [-0.2, -0.15) is 0 Å². The van der Waals surface area contributed by atoms with Crippen molar-refractivity contribution in [1.82, 2.24) is 10.2 Å². The standard InChI is InChI=1S/C15H24N2O3/c1-17(2)7-6-16-13(11-18)12-4-5-14-15(10-12)20-9-3-8-19-14/h4-5,10,13,16,18H,3,6-9,11H2,1-2H3. The van der Waals surface area contributed by atoms with Gasteiger partial charge >= 0.3 is 0 Å². The third kappa shape index (κ3) is 4.10. The molecule has 0 aromatic heterocycles. The first kappa shape index (κ1) is 15.1. The number of likely N-dealkylation sites (N-methyl/N-ethyl adjacent to an activating group) is 1. The summed E-state index contributed by atoms with van der Waals surface area (Å²) >= 11 is 0. The van der Waals surface area contributed by atoms with Crippen LogP contribution in [0.3, 0.4) is 0 Å². The van der Waals surface area contributed by atoms with E-state index in [2.05, 4.69) is 10.2 Å². The largest absolute Gasteiger partial charge is 0.490 e. The number of aliphatic hydroxyl groups is 1. The lowest BCUT2D eigenvalue weighted by atomic mass is 10.1. The molecule has 0 fully saturated rings. The summed E-state index contributed by atoms with van der Waals surface area (Å²) in [6.07, 6.45) is 0.897. The molecule has 0 saturated heterocycles. The van der Waals surface area contributed by atoms with Crippen LogP contribution in [0, 0.1) is 0 Å². The zero-order valence-corrected chi connectivity index (χ0v) is 12.3. The first-order valence-electron chi connectivity index (χ1n) is 7.09.